The van der Waals surface area contributed by atoms with Crippen molar-refractivity contribution in [2.45, 2.75) is 18.4 Å². The van der Waals surface area contributed by atoms with Gasteiger partial charge >= 0.3 is 5.97 Å². The molecule has 21 heavy (non-hydrogen) atoms. The number of rotatable bonds is 5. The van der Waals surface area contributed by atoms with E-state index in [0.29, 0.717) is 41.9 Å². The Morgan fingerprint density at radius 3 is 2.71 bits per heavy atom. The van der Waals surface area contributed by atoms with Crippen molar-refractivity contribution in [3.63, 3.8) is 0 Å². The smallest absolute Gasteiger partial charge is 0.344 e. The summed E-state index contributed by atoms with van der Waals surface area (Å²) in [5.74, 6) is -0.219. The number of carbonyl (C=O) groups is 1. The van der Waals surface area contributed by atoms with Crippen molar-refractivity contribution in [3.8, 4) is 5.75 Å². The molecule has 0 amide bonds. The molecule has 7 heteroatoms. The number of hydrogen-bond donors (Lipinski definition) is 1. The molecular formula is C14H16Cl2O5. The molecule has 0 saturated carbocycles. The summed E-state index contributed by atoms with van der Waals surface area (Å²) >= 11 is 11.7. The Labute approximate surface area is 132 Å². The second-order valence-electron chi connectivity index (χ2n) is 4.86. The number of carbonyl (C=O) groups excluding carboxylic acids is 1. The fraction of sp³-hybridized carbons (Fsp3) is 0.500. The Balaban J connectivity index is 1.77. The predicted octanol–water partition coefficient (Wildman–Crippen LogP) is 2.46. The van der Waals surface area contributed by atoms with Crippen LogP contribution in [0.15, 0.2) is 18.2 Å². The van der Waals surface area contributed by atoms with Crippen LogP contribution in [0.5, 0.6) is 5.75 Å². The molecule has 5 nitrogen and oxygen atoms in total. The van der Waals surface area contributed by atoms with Gasteiger partial charge < -0.3 is 19.3 Å². The number of halogens is 2. The van der Waals surface area contributed by atoms with Gasteiger partial charge in [-0.1, -0.05) is 23.2 Å². The van der Waals surface area contributed by atoms with E-state index in [1.54, 1.807) is 12.1 Å². The molecule has 2 rings (SSSR count). The first-order valence-electron chi connectivity index (χ1n) is 6.52. The Morgan fingerprint density at radius 1 is 1.33 bits per heavy atom. The average molecular weight is 335 g/mol. The van der Waals surface area contributed by atoms with Crippen LogP contribution in [0.4, 0.5) is 0 Å². The summed E-state index contributed by atoms with van der Waals surface area (Å²) in [5.41, 5.74) is -1.01. The molecule has 1 aromatic rings. The van der Waals surface area contributed by atoms with Gasteiger partial charge in [0, 0.05) is 31.1 Å². The molecule has 1 aliphatic heterocycles. The minimum Gasteiger partial charge on any atom is -0.480 e. The molecule has 116 valence electrons. The van der Waals surface area contributed by atoms with Crippen LogP contribution in [0.2, 0.25) is 10.0 Å². The van der Waals surface area contributed by atoms with E-state index in [1.807, 2.05) is 0 Å². The van der Waals surface area contributed by atoms with E-state index < -0.39 is 11.6 Å². The van der Waals surface area contributed by atoms with Gasteiger partial charge in [0.25, 0.3) is 0 Å². The van der Waals surface area contributed by atoms with Crippen molar-refractivity contribution in [2.24, 2.45) is 0 Å². The van der Waals surface area contributed by atoms with E-state index in [-0.39, 0.29) is 13.2 Å². The van der Waals surface area contributed by atoms with Gasteiger partial charge in [0.15, 0.2) is 6.61 Å². The quantitative estimate of drug-likeness (QED) is 0.838. The third kappa shape index (κ3) is 5.04. The fourth-order valence-electron chi connectivity index (χ4n) is 1.88. The second-order valence-corrected chi connectivity index (χ2v) is 5.70. The van der Waals surface area contributed by atoms with Crippen molar-refractivity contribution in [1.29, 1.82) is 0 Å². The highest BCUT2D eigenvalue weighted by atomic mass is 35.5. The zero-order chi connectivity index (χ0) is 15.3. The zero-order valence-corrected chi connectivity index (χ0v) is 12.8. The largest absolute Gasteiger partial charge is 0.480 e. The lowest BCUT2D eigenvalue weighted by Gasteiger charge is -2.31. The maximum Gasteiger partial charge on any atom is 0.344 e. The van der Waals surface area contributed by atoms with Crippen molar-refractivity contribution in [3.05, 3.63) is 28.2 Å². The fourth-order valence-corrected chi connectivity index (χ4v) is 2.34. The first kappa shape index (κ1) is 16.4. The van der Waals surface area contributed by atoms with E-state index in [2.05, 4.69) is 0 Å². The molecule has 0 unspecified atom stereocenters. The molecular weight excluding hydrogens is 319 g/mol. The molecule has 1 N–H and O–H groups in total. The average Bonchev–Trinajstić information content (AvgIpc) is 2.45. The molecule has 1 fully saturated rings. The van der Waals surface area contributed by atoms with Crippen molar-refractivity contribution in [1.82, 2.24) is 0 Å². The maximum atomic E-state index is 11.6. The minimum absolute atomic E-state index is 0.0626. The molecule has 0 bridgehead atoms. The Bertz CT molecular complexity index is 500. The summed E-state index contributed by atoms with van der Waals surface area (Å²) in [6, 6.07) is 4.71. The van der Waals surface area contributed by atoms with Crippen molar-refractivity contribution in [2.75, 3.05) is 26.4 Å². The minimum atomic E-state index is -1.01. The van der Waals surface area contributed by atoms with Crippen LogP contribution in [-0.2, 0) is 14.3 Å². The monoisotopic (exact) mass is 334 g/mol. The van der Waals surface area contributed by atoms with E-state index in [1.165, 1.54) is 6.07 Å². The molecule has 0 aromatic heterocycles. The molecule has 0 spiro atoms. The van der Waals surface area contributed by atoms with E-state index in [0.717, 1.165) is 0 Å². The number of benzene rings is 1. The number of hydrogen-bond acceptors (Lipinski definition) is 5. The van der Waals surface area contributed by atoms with Crippen molar-refractivity contribution >= 4 is 29.2 Å². The van der Waals surface area contributed by atoms with Gasteiger partial charge in [-0.2, -0.15) is 0 Å². The highest BCUT2D eigenvalue weighted by molar-refractivity contribution is 6.35. The summed E-state index contributed by atoms with van der Waals surface area (Å²) in [7, 11) is 0. The summed E-state index contributed by atoms with van der Waals surface area (Å²) in [4.78, 5) is 11.6. The van der Waals surface area contributed by atoms with Crippen LogP contribution in [0.25, 0.3) is 0 Å². The van der Waals surface area contributed by atoms with Crippen LogP contribution < -0.4 is 4.74 Å². The molecule has 0 atom stereocenters. The summed E-state index contributed by atoms with van der Waals surface area (Å²) in [5, 5.41) is 10.9. The number of ether oxygens (including phenoxy) is 3. The van der Waals surface area contributed by atoms with Crippen LogP contribution in [0, 0.1) is 0 Å². The number of esters is 1. The van der Waals surface area contributed by atoms with E-state index >= 15 is 0 Å². The molecule has 0 aliphatic carbocycles. The highest BCUT2D eigenvalue weighted by Crippen LogP contribution is 2.27. The van der Waals surface area contributed by atoms with Gasteiger partial charge in [-0.05, 0) is 18.2 Å². The lowest BCUT2D eigenvalue weighted by molar-refractivity contribution is -0.159. The lowest BCUT2D eigenvalue weighted by atomic mass is 9.96. The van der Waals surface area contributed by atoms with E-state index in [4.69, 9.17) is 37.4 Å². The van der Waals surface area contributed by atoms with Gasteiger partial charge in [-0.25, -0.2) is 4.79 Å². The number of aliphatic hydroxyl groups is 1. The third-order valence-corrected chi connectivity index (χ3v) is 3.70. The van der Waals surface area contributed by atoms with E-state index in [9.17, 15) is 9.90 Å². The Morgan fingerprint density at radius 2 is 2.05 bits per heavy atom. The Kier molecular flexibility index (Phi) is 5.70. The SMILES string of the molecule is O=C(COc1ccc(Cl)cc1Cl)OCC1(O)CCOCC1. The lowest BCUT2D eigenvalue weighted by Crippen LogP contribution is -2.41. The van der Waals surface area contributed by atoms with Gasteiger partial charge in [0.05, 0.1) is 5.02 Å². The predicted molar refractivity (Wildman–Crippen MR) is 77.9 cm³/mol. The Hall–Kier alpha value is -1.01. The highest BCUT2D eigenvalue weighted by Gasteiger charge is 2.31. The summed E-state index contributed by atoms with van der Waals surface area (Å²) < 4.78 is 15.4. The van der Waals surface area contributed by atoms with Crippen LogP contribution in [0.1, 0.15) is 12.8 Å². The molecule has 1 heterocycles. The van der Waals surface area contributed by atoms with Crippen molar-refractivity contribution < 1.29 is 24.1 Å². The second kappa shape index (κ2) is 7.31. The van der Waals surface area contributed by atoms with Gasteiger partial charge in [-0.3, -0.25) is 0 Å². The molecule has 0 radical (unpaired) electrons. The normalized spacial score (nSPS) is 17.3. The molecule has 1 aliphatic rings. The first-order valence-corrected chi connectivity index (χ1v) is 7.28. The van der Waals surface area contributed by atoms with Crippen LogP contribution >= 0.6 is 23.2 Å². The topological polar surface area (TPSA) is 65.0 Å². The van der Waals surface area contributed by atoms with Crippen LogP contribution in [0.3, 0.4) is 0 Å². The molecule has 1 aromatic carbocycles. The zero-order valence-electron chi connectivity index (χ0n) is 11.3. The molecule has 1 saturated heterocycles. The van der Waals surface area contributed by atoms with Gasteiger partial charge in [0.2, 0.25) is 0 Å². The van der Waals surface area contributed by atoms with Gasteiger partial charge in [0.1, 0.15) is 18.0 Å². The third-order valence-electron chi connectivity index (χ3n) is 3.16. The summed E-state index contributed by atoms with van der Waals surface area (Å²) in [6.07, 6.45) is 0.897. The van der Waals surface area contributed by atoms with Gasteiger partial charge in [-0.15, -0.1) is 0 Å². The first-order chi connectivity index (χ1) is 9.98. The standard InChI is InChI=1S/C14H16Cl2O5/c15-10-1-2-12(11(16)7-10)20-8-13(17)21-9-14(18)3-5-19-6-4-14/h1-2,7,18H,3-6,8-9H2. The van der Waals surface area contributed by atoms with Crippen LogP contribution in [-0.4, -0.2) is 43.1 Å². The summed E-state index contributed by atoms with van der Waals surface area (Å²) in [6.45, 7) is 0.580. The maximum absolute atomic E-state index is 11.6.